The maximum absolute atomic E-state index is 12.5. The monoisotopic (exact) mass is 329 g/mol. The van der Waals surface area contributed by atoms with Crippen LogP contribution >= 0.6 is 0 Å². The van der Waals surface area contributed by atoms with Gasteiger partial charge in [0.05, 0.1) is 11.1 Å². The molecule has 0 aliphatic rings. The Morgan fingerprint density at radius 3 is 2.43 bits per heavy atom. The summed E-state index contributed by atoms with van der Waals surface area (Å²) in [5.41, 5.74) is 1.42. The predicted octanol–water partition coefficient (Wildman–Crippen LogP) is 2.40. The van der Waals surface area contributed by atoms with Gasteiger partial charge in [-0.15, -0.1) is 9.19 Å². The molecule has 2 aromatic carbocycles. The van der Waals surface area contributed by atoms with Gasteiger partial charge in [-0.3, -0.25) is 0 Å². The minimum atomic E-state index is -3.73. The summed E-state index contributed by atoms with van der Waals surface area (Å²) >= 11 is 0. The smallest absolute Gasteiger partial charge is 0.284 e. The Morgan fingerprint density at radius 1 is 1.04 bits per heavy atom. The largest absolute Gasteiger partial charge is 0.487 e. The number of nitrogens with zero attached hydrogens (tertiary/aromatic N) is 3. The third-order valence-corrected chi connectivity index (χ3v) is 4.75. The normalized spacial score (nSPS) is 11.3. The van der Waals surface area contributed by atoms with Gasteiger partial charge in [0, 0.05) is 0 Å². The second-order valence-electron chi connectivity index (χ2n) is 5.00. The van der Waals surface area contributed by atoms with Crippen LogP contribution < -0.4 is 4.74 Å². The summed E-state index contributed by atoms with van der Waals surface area (Å²) in [5.74, 6) is 0.684. The van der Waals surface area contributed by atoms with Gasteiger partial charge >= 0.3 is 0 Å². The Hall–Kier alpha value is -2.67. The molecule has 0 atom stereocenters. The zero-order chi connectivity index (χ0) is 16.3. The Balaban J connectivity index is 1.77. The van der Waals surface area contributed by atoms with Crippen LogP contribution in [0.5, 0.6) is 5.75 Å². The molecule has 7 heteroatoms. The van der Waals surface area contributed by atoms with Crippen molar-refractivity contribution in [2.75, 3.05) is 0 Å². The molecule has 1 aromatic heterocycles. The van der Waals surface area contributed by atoms with Crippen LogP contribution in [-0.4, -0.2) is 22.8 Å². The topological polar surface area (TPSA) is 74.1 Å². The van der Waals surface area contributed by atoms with Crippen molar-refractivity contribution >= 4 is 10.0 Å². The van der Waals surface area contributed by atoms with Crippen molar-refractivity contribution in [1.29, 1.82) is 0 Å². The maximum atomic E-state index is 12.5. The highest BCUT2D eigenvalue weighted by molar-refractivity contribution is 7.89. The Morgan fingerprint density at radius 2 is 1.74 bits per heavy atom. The second-order valence-corrected chi connectivity index (χ2v) is 6.80. The van der Waals surface area contributed by atoms with E-state index in [1.807, 2.05) is 37.3 Å². The van der Waals surface area contributed by atoms with Gasteiger partial charge in [0.1, 0.15) is 18.1 Å². The van der Waals surface area contributed by atoms with E-state index in [-0.39, 0.29) is 11.5 Å². The van der Waals surface area contributed by atoms with Crippen LogP contribution in [0.1, 0.15) is 11.3 Å². The third-order valence-electron chi connectivity index (χ3n) is 3.22. The molecule has 0 radical (unpaired) electrons. The van der Waals surface area contributed by atoms with Crippen LogP contribution in [0, 0.1) is 6.92 Å². The number of para-hydroxylation sites is 1. The molecule has 0 saturated carbocycles. The van der Waals surface area contributed by atoms with Crippen LogP contribution in [0.15, 0.2) is 65.7 Å². The Labute approximate surface area is 134 Å². The molecule has 3 rings (SSSR count). The quantitative estimate of drug-likeness (QED) is 0.718. The molecule has 6 nitrogen and oxygen atoms in total. The average Bonchev–Trinajstić information content (AvgIpc) is 3.04. The van der Waals surface area contributed by atoms with Gasteiger partial charge in [0.15, 0.2) is 0 Å². The minimum Gasteiger partial charge on any atom is -0.487 e. The van der Waals surface area contributed by atoms with E-state index in [1.165, 1.54) is 6.20 Å². The highest BCUT2D eigenvalue weighted by Gasteiger charge is 2.18. The first-order chi connectivity index (χ1) is 11.1. The molecule has 0 spiro atoms. The van der Waals surface area contributed by atoms with Crippen molar-refractivity contribution in [3.8, 4) is 5.75 Å². The van der Waals surface area contributed by atoms with Gasteiger partial charge in [0.25, 0.3) is 10.0 Å². The van der Waals surface area contributed by atoms with E-state index in [0.717, 1.165) is 9.65 Å². The van der Waals surface area contributed by atoms with E-state index in [0.29, 0.717) is 11.4 Å². The summed E-state index contributed by atoms with van der Waals surface area (Å²) in [7, 11) is -3.73. The Kier molecular flexibility index (Phi) is 4.12. The minimum absolute atomic E-state index is 0.146. The van der Waals surface area contributed by atoms with Gasteiger partial charge in [-0.05, 0) is 31.2 Å². The lowest BCUT2D eigenvalue weighted by Crippen LogP contribution is -2.13. The molecular weight excluding hydrogens is 314 g/mol. The maximum Gasteiger partial charge on any atom is 0.284 e. The summed E-state index contributed by atoms with van der Waals surface area (Å²) in [6.45, 7) is 2.04. The van der Waals surface area contributed by atoms with Crippen molar-refractivity contribution in [2.24, 2.45) is 0 Å². The van der Waals surface area contributed by atoms with Crippen molar-refractivity contribution < 1.29 is 13.2 Å². The lowest BCUT2D eigenvalue weighted by atomic mass is 10.2. The molecule has 0 saturated heterocycles. The average molecular weight is 329 g/mol. The number of aryl methyl sites for hydroxylation is 1. The molecule has 3 aromatic rings. The fourth-order valence-corrected chi connectivity index (χ4v) is 3.05. The second kappa shape index (κ2) is 6.21. The third kappa shape index (κ3) is 3.40. The van der Waals surface area contributed by atoms with Crippen LogP contribution in [0.4, 0.5) is 0 Å². The molecule has 0 fully saturated rings. The van der Waals surface area contributed by atoms with Gasteiger partial charge in [-0.2, -0.15) is 8.42 Å². The molecule has 0 bridgehead atoms. The van der Waals surface area contributed by atoms with E-state index in [2.05, 4.69) is 10.3 Å². The summed E-state index contributed by atoms with van der Waals surface area (Å²) in [4.78, 5) is 0.170. The van der Waals surface area contributed by atoms with Crippen LogP contribution in [0.25, 0.3) is 0 Å². The number of hydrogen-bond donors (Lipinski definition) is 0. The number of aromatic nitrogens is 3. The lowest BCUT2D eigenvalue weighted by Gasteiger charge is -2.04. The fourth-order valence-electron chi connectivity index (χ4n) is 1.96. The van der Waals surface area contributed by atoms with E-state index in [9.17, 15) is 8.42 Å². The van der Waals surface area contributed by atoms with Crippen LogP contribution in [-0.2, 0) is 16.6 Å². The van der Waals surface area contributed by atoms with Crippen molar-refractivity contribution in [3.63, 3.8) is 0 Å². The van der Waals surface area contributed by atoms with Crippen molar-refractivity contribution in [2.45, 2.75) is 18.4 Å². The summed E-state index contributed by atoms with van der Waals surface area (Å²) in [6.07, 6.45) is 1.36. The van der Waals surface area contributed by atoms with Gasteiger partial charge in [0.2, 0.25) is 0 Å². The first-order valence-corrected chi connectivity index (χ1v) is 8.41. The number of rotatable bonds is 5. The van der Waals surface area contributed by atoms with Crippen molar-refractivity contribution in [1.82, 2.24) is 14.4 Å². The summed E-state index contributed by atoms with van der Waals surface area (Å²) in [5, 5.41) is 7.55. The molecule has 0 aliphatic heterocycles. The van der Waals surface area contributed by atoms with Crippen molar-refractivity contribution in [3.05, 3.63) is 72.1 Å². The number of ether oxygens (including phenoxy) is 1. The van der Waals surface area contributed by atoms with E-state index in [1.54, 1.807) is 24.3 Å². The molecule has 0 N–H and O–H groups in total. The Bertz CT molecular complexity index is 888. The van der Waals surface area contributed by atoms with Crippen LogP contribution in [0.3, 0.4) is 0 Å². The van der Waals surface area contributed by atoms with E-state index < -0.39 is 10.0 Å². The fraction of sp³-hybridized carbons (Fsp3) is 0.125. The van der Waals surface area contributed by atoms with Gasteiger partial charge in [-0.25, -0.2) is 0 Å². The SMILES string of the molecule is Cc1ccc(S(=O)(=O)n2cc(COc3ccccc3)nn2)cc1. The van der Waals surface area contributed by atoms with Gasteiger partial charge in [-0.1, -0.05) is 41.1 Å². The highest BCUT2D eigenvalue weighted by Crippen LogP contribution is 2.15. The number of hydrogen-bond acceptors (Lipinski definition) is 5. The summed E-state index contributed by atoms with van der Waals surface area (Å²) < 4.78 is 31.3. The molecule has 118 valence electrons. The lowest BCUT2D eigenvalue weighted by molar-refractivity contribution is 0.301. The van der Waals surface area contributed by atoms with Gasteiger partial charge < -0.3 is 4.74 Å². The molecular formula is C16H15N3O3S. The van der Waals surface area contributed by atoms with Crippen LogP contribution in [0.2, 0.25) is 0 Å². The summed E-state index contributed by atoms with van der Waals surface area (Å²) in [6, 6.07) is 15.8. The molecule has 23 heavy (non-hydrogen) atoms. The highest BCUT2D eigenvalue weighted by atomic mass is 32.2. The molecule has 0 unspecified atom stereocenters. The van der Waals surface area contributed by atoms with E-state index >= 15 is 0 Å². The zero-order valence-electron chi connectivity index (χ0n) is 12.5. The zero-order valence-corrected chi connectivity index (χ0v) is 13.3. The first-order valence-electron chi connectivity index (χ1n) is 6.97. The molecule has 0 amide bonds. The predicted molar refractivity (Wildman–Crippen MR) is 84.6 cm³/mol. The van der Waals surface area contributed by atoms with E-state index in [4.69, 9.17) is 4.74 Å². The first kappa shape index (κ1) is 15.2. The standard InChI is InChI=1S/C16H15N3O3S/c1-13-7-9-16(10-8-13)23(20,21)19-11-14(17-18-19)12-22-15-5-3-2-4-6-15/h2-11H,12H2,1H3. The molecule has 1 heterocycles. The molecule has 0 aliphatic carbocycles. The number of benzene rings is 2.